The zero-order valence-corrected chi connectivity index (χ0v) is 27.9. The fourth-order valence-electron chi connectivity index (χ4n) is 7.91. The SMILES string of the molecule is C1=Cc2c(oc3cccc(-c4ccc5c(c4)Oc4ccccc4-c4ccccc4Oc4cc(-c6cccc7oc8c(c67)C=CNC8)ccc4-5)c23)CN1. The average molecular weight is 675 g/mol. The van der Waals surface area contributed by atoms with Crippen molar-refractivity contribution in [3.8, 4) is 67.5 Å². The van der Waals surface area contributed by atoms with Crippen molar-refractivity contribution in [2.24, 2.45) is 0 Å². The number of hydrogen-bond donors (Lipinski definition) is 2. The van der Waals surface area contributed by atoms with E-state index in [1.165, 1.54) is 0 Å². The first-order valence-electron chi connectivity index (χ1n) is 17.5. The van der Waals surface area contributed by atoms with Crippen LogP contribution < -0.4 is 20.1 Å². The van der Waals surface area contributed by atoms with Gasteiger partial charge in [-0.3, -0.25) is 0 Å². The average Bonchev–Trinajstić information content (AvgIpc) is 3.77. The Hall–Kier alpha value is -6.92. The molecule has 8 aromatic rings. The molecule has 0 aliphatic carbocycles. The summed E-state index contributed by atoms with van der Waals surface area (Å²) in [5, 5.41) is 8.73. The second-order valence-corrected chi connectivity index (χ2v) is 13.3. The lowest BCUT2D eigenvalue weighted by molar-refractivity contribution is 0.472. The maximum Gasteiger partial charge on any atom is 0.136 e. The van der Waals surface area contributed by atoms with E-state index in [2.05, 4.69) is 95.6 Å². The summed E-state index contributed by atoms with van der Waals surface area (Å²) >= 11 is 0. The van der Waals surface area contributed by atoms with Gasteiger partial charge in [-0.05, 0) is 95.3 Å². The fourth-order valence-corrected chi connectivity index (χ4v) is 7.91. The predicted octanol–water partition coefficient (Wildman–Crippen LogP) is 11.9. The number of nitrogens with one attached hydrogen (secondary N) is 2. The van der Waals surface area contributed by atoms with Gasteiger partial charge in [-0.2, -0.15) is 0 Å². The van der Waals surface area contributed by atoms with Crippen LogP contribution in [0.15, 0.2) is 143 Å². The van der Waals surface area contributed by atoms with E-state index in [4.69, 9.17) is 18.3 Å². The number of ether oxygens (including phenoxy) is 2. The molecule has 3 aliphatic heterocycles. The Morgan fingerprint density at radius 1 is 0.404 bits per heavy atom. The lowest BCUT2D eigenvalue weighted by atomic mass is 9.92. The second-order valence-electron chi connectivity index (χ2n) is 13.3. The minimum Gasteiger partial charge on any atom is -0.459 e. The van der Waals surface area contributed by atoms with Crippen molar-refractivity contribution < 1.29 is 18.3 Å². The molecular formula is C46H30N2O4. The van der Waals surface area contributed by atoms with Gasteiger partial charge in [0.1, 0.15) is 45.7 Å². The van der Waals surface area contributed by atoms with E-state index in [1.807, 2.05) is 60.9 Å². The largest absolute Gasteiger partial charge is 0.459 e. The Morgan fingerprint density at radius 3 is 1.35 bits per heavy atom. The standard InChI is InChI=1S/C46H30N2O4/c1-3-11-37-31(7-1)32-8-2-4-12-38(32)50-42-24-28(30-10-6-14-40-46(30)36-20-22-48-26-44(36)52-40)16-18-34(42)33-17-15-27(23-41(33)49-37)29-9-5-13-39-45(29)35-19-21-47-25-43(35)51-39/h1-24,47-48H,25-26H2. The van der Waals surface area contributed by atoms with Crippen molar-refractivity contribution in [1.82, 2.24) is 10.6 Å². The highest BCUT2D eigenvalue weighted by atomic mass is 16.5. The van der Waals surface area contributed by atoms with Crippen molar-refractivity contribution >= 4 is 34.1 Å². The van der Waals surface area contributed by atoms with Crippen molar-refractivity contribution in [1.29, 1.82) is 0 Å². The highest BCUT2D eigenvalue weighted by Crippen LogP contribution is 2.50. The van der Waals surface area contributed by atoms with Gasteiger partial charge >= 0.3 is 0 Å². The molecule has 248 valence electrons. The molecule has 3 aliphatic rings. The van der Waals surface area contributed by atoms with Crippen molar-refractivity contribution in [3.63, 3.8) is 0 Å². The number of rotatable bonds is 2. The molecule has 11 rings (SSSR count). The molecule has 0 saturated carbocycles. The van der Waals surface area contributed by atoms with Crippen LogP contribution in [0, 0.1) is 0 Å². The molecule has 6 nitrogen and oxygen atoms in total. The Morgan fingerprint density at radius 2 is 0.846 bits per heavy atom. The van der Waals surface area contributed by atoms with Gasteiger partial charge in [0.2, 0.25) is 0 Å². The molecule has 0 radical (unpaired) electrons. The molecular weight excluding hydrogens is 645 g/mol. The molecule has 5 heterocycles. The summed E-state index contributed by atoms with van der Waals surface area (Å²) in [4.78, 5) is 0. The van der Waals surface area contributed by atoms with Gasteiger partial charge < -0.3 is 28.9 Å². The molecule has 6 heteroatoms. The highest BCUT2D eigenvalue weighted by Gasteiger charge is 2.24. The van der Waals surface area contributed by atoms with Crippen LogP contribution in [0.5, 0.6) is 23.0 Å². The van der Waals surface area contributed by atoms with E-state index in [9.17, 15) is 0 Å². The summed E-state index contributed by atoms with van der Waals surface area (Å²) in [6, 6.07) is 41.7. The van der Waals surface area contributed by atoms with Crippen LogP contribution in [0.25, 0.3) is 78.6 Å². The van der Waals surface area contributed by atoms with Gasteiger partial charge in [0, 0.05) is 44.2 Å². The molecule has 2 N–H and O–H groups in total. The first kappa shape index (κ1) is 28.9. The number of fused-ring (bicyclic) bond motifs is 12. The quantitative estimate of drug-likeness (QED) is 0.190. The minimum atomic E-state index is 0.662. The summed E-state index contributed by atoms with van der Waals surface area (Å²) < 4.78 is 26.6. The molecule has 2 aromatic heterocycles. The van der Waals surface area contributed by atoms with Gasteiger partial charge in [-0.1, -0.05) is 72.8 Å². The second kappa shape index (κ2) is 11.3. The summed E-state index contributed by atoms with van der Waals surface area (Å²) in [6.07, 6.45) is 8.16. The van der Waals surface area contributed by atoms with Gasteiger partial charge in [-0.25, -0.2) is 0 Å². The van der Waals surface area contributed by atoms with E-state index in [0.717, 1.165) is 112 Å². The molecule has 0 bridgehead atoms. The zero-order valence-electron chi connectivity index (χ0n) is 27.9. The maximum absolute atomic E-state index is 7.00. The lowest BCUT2D eigenvalue weighted by Gasteiger charge is -2.22. The van der Waals surface area contributed by atoms with Crippen LogP contribution in [-0.4, -0.2) is 0 Å². The van der Waals surface area contributed by atoms with Crippen molar-refractivity contribution in [3.05, 3.63) is 156 Å². The van der Waals surface area contributed by atoms with Crippen molar-refractivity contribution in [2.75, 3.05) is 0 Å². The van der Waals surface area contributed by atoms with E-state index in [0.29, 0.717) is 13.1 Å². The fraction of sp³-hybridized carbons (Fsp3) is 0.0435. The highest BCUT2D eigenvalue weighted by molar-refractivity contribution is 6.03. The van der Waals surface area contributed by atoms with E-state index in [-0.39, 0.29) is 0 Å². The van der Waals surface area contributed by atoms with E-state index >= 15 is 0 Å². The van der Waals surface area contributed by atoms with Crippen LogP contribution in [0.1, 0.15) is 22.6 Å². The summed E-state index contributed by atoms with van der Waals surface area (Å²) in [5.74, 6) is 4.85. The topological polar surface area (TPSA) is 68.8 Å². The Kier molecular flexibility index (Phi) is 6.28. The third-order valence-corrected chi connectivity index (χ3v) is 10.3. The zero-order chi connectivity index (χ0) is 34.2. The predicted molar refractivity (Wildman–Crippen MR) is 206 cm³/mol. The molecule has 0 unspecified atom stereocenters. The Labute approximate surface area is 299 Å². The first-order chi connectivity index (χ1) is 25.8. The number of benzene rings is 6. The van der Waals surface area contributed by atoms with E-state index in [1.54, 1.807) is 0 Å². The third-order valence-electron chi connectivity index (χ3n) is 10.3. The van der Waals surface area contributed by atoms with Crippen molar-refractivity contribution in [2.45, 2.75) is 13.1 Å². The molecule has 0 saturated heterocycles. The number of hydrogen-bond acceptors (Lipinski definition) is 6. The molecule has 0 amide bonds. The molecule has 0 spiro atoms. The summed E-state index contributed by atoms with van der Waals surface area (Å²) in [7, 11) is 0. The van der Waals surface area contributed by atoms with Crippen LogP contribution >= 0.6 is 0 Å². The number of furan rings is 2. The monoisotopic (exact) mass is 674 g/mol. The van der Waals surface area contributed by atoms with Gasteiger partial charge in [-0.15, -0.1) is 0 Å². The van der Waals surface area contributed by atoms with Gasteiger partial charge in [0.15, 0.2) is 0 Å². The first-order valence-corrected chi connectivity index (χ1v) is 17.5. The lowest BCUT2D eigenvalue weighted by Crippen LogP contribution is -2.08. The number of para-hydroxylation sites is 2. The molecule has 6 aromatic carbocycles. The van der Waals surface area contributed by atoms with Crippen LogP contribution in [0.2, 0.25) is 0 Å². The molecule has 0 atom stereocenters. The van der Waals surface area contributed by atoms with E-state index < -0.39 is 0 Å². The smallest absolute Gasteiger partial charge is 0.136 e. The Balaban J connectivity index is 1.14. The van der Waals surface area contributed by atoms with Crippen LogP contribution in [-0.2, 0) is 13.1 Å². The van der Waals surface area contributed by atoms with Gasteiger partial charge in [0.25, 0.3) is 0 Å². The third kappa shape index (κ3) is 4.44. The molecule has 52 heavy (non-hydrogen) atoms. The Bertz CT molecular complexity index is 2630. The van der Waals surface area contributed by atoms with Crippen LogP contribution in [0.4, 0.5) is 0 Å². The van der Waals surface area contributed by atoms with Crippen LogP contribution in [0.3, 0.4) is 0 Å². The summed E-state index contributed by atoms with van der Waals surface area (Å²) in [6.45, 7) is 1.32. The summed E-state index contributed by atoms with van der Waals surface area (Å²) in [5.41, 5.74) is 12.0. The normalized spacial score (nSPS) is 13.7. The minimum absolute atomic E-state index is 0.662. The molecule has 0 fully saturated rings. The van der Waals surface area contributed by atoms with Gasteiger partial charge in [0.05, 0.1) is 13.1 Å². The maximum atomic E-state index is 7.00.